The van der Waals surface area contributed by atoms with Gasteiger partial charge in [-0.1, -0.05) is 31.0 Å². The van der Waals surface area contributed by atoms with Crippen LogP contribution in [0.5, 0.6) is 0 Å². The van der Waals surface area contributed by atoms with Crippen LogP contribution >= 0.6 is 0 Å². The molecule has 1 aromatic carbocycles. The molecule has 1 aromatic heterocycles. The third-order valence-corrected chi connectivity index (χ3v) is 5.54. The van der Waals surface area contributed by atoms with Gasteiger partial charge in [0.1, 0.15) is 5.69 Å². The number of carbonyl (C=O) groups excluding carboxylic acids is 2. The van der Waals surface area contributed by atoms with Gasteiger partial charge >= 0.3 is 0 Å². The number of rotatable bonds is 3. The molecule has 132 valence electrons. The van der Waals surface area contributed by atoms with E-state index in [1.54, 1.807) is 0 Å². The second-order valence-electron chi connectivity index (χ2n) is 7.35. The smallest absolute Gasteiger partial charge is 0.270 e. The lowest BCUT2D eigenvalue weighted by atomic mass is 9.96. The van der Waals surface area contributed by atoms with Crippen LogP contribution in [0.2, 0.25) is 0 Å². The van der Waals surface area contributed by atoms with E-state index in [9.17, 15) is 9.59 Å². The van der Waals surface area contributed by atoms with Gasteiger partial charge in [-0.25, -0.2) is 0 Å². The molecule has 0 bridgehead atoms. The van der Waals surface area contributed by atoms with Gasteiger partial charge < -0.3 is 15.2 Å². The highest BCUT2D eigenvalue weighted by molar-refractivity contribution is 5.98. The largest absolute Gasteiger partial charge is 0.353 e. The maximum absolute atomic E-state index is 12.8. The molecule has 2 aliphatic rings. The Kier molecular flexibility index (Phi) is 4.47. The van der Waals surface area contributed by atoms with Gasteiger partial charge in [0.05, 0.1) is 5.92 Å². The highest BCUT2D eigenvalue weighted by atomic mass is 16.2. The summed E-state index contributed by atoms with van der Waals surface area (Å²) in [5.74, 6) is 0.0401. The number of carbonyl (C=O) groups is 2. The first-order chi connectivity index (χ1) is 12.2. The van der Waals surface area contributed by atoms with Crippen molar-refractivity contribution in [2.45, 2.75) is 44.6 Å². The first-order valence-electron chi connectivity index (χ1n) is 9.38. The van der Waals surface area contributed by atoms with Crippen molar-refractivity contribution in [1.82, 2.24) is 15.2 Å². The molecule has 5 heteroatoms. The minimum Gasteiger partial charge on any atom is -0.353 e. The van der Waals surface area contributed by atoms with E-state index >= 15 is 0 Å². The van der Waals surface area contributed by atoms with Crippen molar-refractivity contribution in [3.8, 4) is 0 Å². The average molecular weight is 339 g/mol. The number of hydrogen-bond acceptors (Lipinski definition) is 2. The second-order valence-corrected chi connectivity index (χ2v) is 7.35. The molecule has 25 heavy (non-hydrogen) atoms. The second kappa shape index (κ2) is 6.90. The highest BCUT2D eigenvalue weighted by Crippen LogP contribution is 2.23. The fourth-order valence-corrected chi connectivity index (χ4v) is 4.12. The molecule has 2 N–H and O–H groups in total. The third-order valence-electron chi connectivity index (χ3n) is 5.54. The van der Waals surface area contributed by atoms with Crippen molar-refractivity contribution in [3.63, 3.8) is 0 Å². The molecular weight excluding hydrogens is 314 g/mol. The summed E-state index contributed by atoms with van der Waals surface area (Å²) in [4.78, 5) is 30.4. The van der Waals surface area contributed by atoms with Crippen molar-refractivity contribution < 1.29 is 9.59 Å². The zero-order valence-corrected chi connectivity index (χ0v) is 14.5. The lowest BCUT2D eigenvalue weighted by molar-refractivity contribution is -0.127. The molecule has 0 radical (unpaired) electrons. The average Bonchev–Trinajstić information content (AvgIpc) is 3.30. The Balaban J connectivity index is 1.43. The van der Waals surface area contributed by atoms with Crippen LogP contribution in [0.25, 0.3) is 10.9 Å². The van der Waals surface area contributed by atoms with Crippen LogP contribution < -0.4 is 5.32 Å². The number of aromatic amines is 1. The number of para-hydroxylation sites is 1. The molecule has 2 aromatic rings. The molecule has 1 aliphatic heterocycles. The van der Waals surface area contributed by atoms with E-state index in [2.05, 4.69) is 10.3 Å². The summed E-state index contributed by atoms with van der Waals surface area (Å²) in [5, 5.41) is 4.22. The Morgan fingerprint density at radius 2 is 1.88 bits per heavy atom. The Morgan fingerprint density at radius 1 is 1.08 bits per heavy atom. The van der Waals surface area contributed by atoms with Crippen LogP contribution in [0.3, 0.4) is 0 Å². The molecule has 0 spiro atoms. The normalized spacial score (nSPS) is 21.6. The van der Waals surface area contributed by atoms with Crippen LogP contribution in [0.4, 0.5) is 0 Å². The molecule has 1 atom stereocenters. The summed E-state index contributed by atoms with van der Waals surface area (Å²) >= 11 is 0. The van der Waals surface area contributed by atoms with Crippen LogP contribution in [0.1, 0.15) is 49.0 Å². The monoisotopic (exact) mass is 339 g/mol. The Labute approximate surface area is 147 Å². The van der Waals surface area contributed by atoms with Gasteiger partial charge in [-0.2, -0.15) is 0 Å². The van der Waals surface area contributed by atoms with Crippen LogP contribution in [-0.4, -0.2) is 40.8 Å². The lowest BCUT2D eigenvalue weighted by Gasteiger charge is -2.32. The zero-order valence-electron chi connectivity index (χ0n) is 14.5. The van der Waals surface area contributed by atoms with Crippen molar-refractivity contribution in [2.75, 3.05) is 13.1 Å². The van der Waals surface area contributed by atoms with Gasteiger partial charge in [0.2, 0.25) is 5.91 Å². The predicted octanol–water partition coefficient (Wildman–Crippen LogP) is 3.08. The van der Waals surface area contributed by atoms with Gasteiger partial charge in [0.25, 0.3) is 5.91 Å². The van der Waals surface area contributed by atoms with E-state index in [1.165, 1.54) is 12.8 Å². The maximum atomic E-state index is 12.8. The van der Waals surface area contributed by atoms with Gasteiger partial charge in [0, 0.05) is 30.0 Å². The van der Waals surface area contributed by atoms with E-state index in [1.807, 2.05) is 35.2 Å². The standard InChI is InChI=1S/C20H25N3O2/c24-19(21-16-8-2-3-9-16)15-7-5-11-23(13-15)20(25)18-12-14-6-1-4-10-17(14)22-18/h1,4,6,10,12,15-16,22H,2-3,5,7-9,11,13H2,(H,21,24). The van der Waals surface area contributed by atoms with Crippen molar-refractivity contribution in [2.24, 2.45) is 5.92 Å². The molecule has 4 rings (SSSR count). The molecule has 1 aliphatic carbocycles. The van der Waals surface area contributed by atoms with Crippen molar-refractivity contribution >= 4 is 22.7 Å². The fourth-order valence-electron chi connectivity index (χ4n) is 4.12. The van der Waals surface area contributed by atoms with Crippen LogP contribution in [0, 0.1) is 5.92 Å². The molecule has 5 nitrogen and oxygen atoms in total. The van der Waals surface area contributed by atoms with Gasteiger partial charge in [-0.3, -0.25) is 9.59 Å². The predicted molar refractivity (Wildman–Crippen MR) is 97.3 cm³/mol. The maximum Gasteiger partial charge on any atom is 0.270 e. The summed E-state index contributed by atoms with van der Waals surface area (Å²) in [6, 6.07) is 10.1. The van der Waals surface area contributed by atoms with Gasteiger partial charge in [0.15, 0.2) is 0 Å². The quantitative estimate of drug-likeness (QED) is 0.902. The number of likely N-dealkylation sites (tertiary alicyclic amines) is 1. The van der Waals surface area contributed by atoms with E-state index in [-0.39, 0.29) is 17.7 Å². The summed E-state index contributed by atoms with van der Waals surface area (Å²) in [6.07, 6.45) is 6.36. The van der Waals surface area contributed by atoms with Crippen molar-refractivity contribution in [1.29, 1.82) is 0 Å². The van der Waals surface area contributed by atoms with E-state index in [0.717, 1.165) is 43.1 Å². The number of hydrogen-bond donors (Lipinski definition) is 2. The highest BCUT2D eigenvalue weighted by Gasteiger charge is 2.30. The number of piperidine rings is 1. The van der Waals surface area contributed by atoms with Crippen LogP contribution in [0.15, 0.2) is 30.3 Å². The Bertz CT molecular complexity index is 743. The number of benzene rings is 1. The summed E-state index contributed by atoms with van der Waals surface area (Å²) in [6.45, 7) is 1.24. The summed E-state index contributed by atoms with van der Waals surface area (Å²) < 4.78 is 0. The van der Waals surface area contributed by atoms with Crippen LogP contribution in [-0.2, 0) is 4.79 Å². The Morgan fingerprint density at radius 3 is 2.68 bits per heavy atom. The summed E-state index contributed by atoms with van der Waals surface area (Å²) in [5.41, 5.74) is 1.58. The number of fused-ring (bicyclic) bond motifs is 1. The minimum atomic E-state index is -0.0809. The first kappa shape index (κ1) is 16.2. The third kappa shape index (κ3) is 3.41. The molecule has 1 saturated heterocycles. The van der Waals surface area contributed by atoms with E-state index in [0.29, 0.717) is 18.3 Å². The number of nitrogens with one attached hydrogen (secondary N) is 2. The molecule has 1 unspecified atom stereocenters. The zero-order chi connectivity index (χ0) is 17.2. The lowest BCUT2D eigenvalue weighted by Crippen LogP contribution is -2.47. The minimum absolute atomic E-state index is 0.00503. The number of aromatic nitrogens is 1. The van der Waals surface area contributed by atoms with Gasteiger partial charge in [-0.05, 0) is 37.8 Å². The molecule has 1 saturated carbocycles. The molecule has 2 fully saturated rings. The first-order valence-corrected chi connectivity index (χ1v) is 9.38. The van der Waals surface area contributed by atoms with E-state index < -0.39 is 0 Å². The van der Waals surface area contributed by atoms with E-state index in [4.69, 9.17) is 0 Å². The molecular formula is C20H25N3O2. The van der Waals surface area contributed by atoms with Gasteiger partial charge in [-0.15, -0.1) is 0 Å². The number of amides is 2. The summed E-state index contributed by atoms with van der Waals surface area (Å²) in [7, 11) is 0. The molecule has 2 amide bonds. The Hall–Kier alpha value is -2.30. The van der Waals surface area contributed by atoms with Crippen molar-refractivity contribution in [3.05, 3.63) is 36.0 Å². The topological polar surface area (TPSA) is 65.2 Å². The number of H-pyrrole nitrogens is 1. The SMILES string of the molecule is O=C(NC1CCCC1)C1CCCN(C(=O)c2cc3ccccc3[nH]2)C1. The number of nitrogens with zero attached hydrogens (tertiary/aromatic N) is 1. The fraction of sp³-hybridized carbons (Fsp3) is 0.500. The molecule has 2 heterocycles.